The summed E-state index contributed by atoms with van der Waals surface area (Å²) in [5.41, 5.74) is 1.20. The molecular formula is C17H15ClN2O3. The van der Waals surface area contributed by atoms with Crippen molar-refractivity contribution in [3.8, 4) is 5.75 Å². The van der Waals surface area contributed by atoms with Crippen LogP contribution >= 0.6 is 11.6 Å². The molecule has 2 aromatic carbocycles. The van der Waals surface area contributed by atoms with Crippen molar-refractivity contribution in [1.29, 1.82) is 0 Å². The molecule has 0 radical (unpaired) electrons. The van der Waals surface area contributed by atoms with Crippen LogP contribution in [0, 0.1) is 5.92 Å². The Kier molecular flexibility index (Phi) is 4.21. The van der Waals surface area contributed by atoms with Crippen molar-refractivity contribution < 1.29 is 14.7 Å². The maximum absolute atomic E-state index is 12.3. The van der Waals surface area contributed by atoms with Gasteiger partial charge in [-0.2, -0.15) is 0 Å². The second-order valence-electron chi connectivity index (χ2n) is 5.39. The molecule has 0 aromatic heterocycles. The predicted molar refractivity (Wildman–Crippen MR) is 88.6 cm³/mol. The molecule has 5 nitrogen and oxygen atoms in total. The molecule has 118 valence electrons. The minimum Gasteiger partial charge on any atom is -0.508 e. The Hall–Kier alpha value is -2.53. The van der Waals surface area contributed by atoms with Gasteiger partial charge in [0.15, 0.2) is 0 Å². The van der Waals surface area contributed by atoms with E-state index < -0.39 is 5.92 Å². The highest BCUT2D eigenvalue weighted by molar-refractivity contribution is 6.33. The number of hydrogen-bond acceptors (Lipinski definition) is 3. The maximum Gasteiger partial charge on any atom is 0.229 e. The van der Waals surface area contributed by atoms with Gasteiger partial charge in [-0.1, -0.05) is 23.7 Å². The van der Waals surface area contributed by atoms with E-state index in [1.165, 1.54) is 12.1 Å². The summed E-state index contributed by atoms with van der Waals surface area (Å²) in [4.78, 5) is 26.1. The highest BCUT2D eigenvalue weighted by Crippen LogP contribution is 2.31. The first-order valence-electron chi connectivity index (χ1n) is 7.19. The quantitative estimate of drug-likeness (QED) is 0.850. The molecule has 0 saturated carbocycles. The molecule has 1 saturated heterocycles. The van der Waals surface area contributed by atoms with E-state index in [1.54, 1.807) is 41.3 Å². The smallest absolute Gasteiger partial charge is 0.229 e. The highest BCUT2D eigenvalue weighted by atomic mass is 35.5. The van der Waals surface area contributed by atoms with Gasteiger partial charge in [0.2, 0.25) is 11.8 Å². The van der Waals surface area contributed by atoms with E-state index in [0.717, 1.165) is 0 Å². The second-order valence-corrected chi connectivity index (χ2v) is 5.80. The van der Waals surface area contributed by atoms with Crippen molar-refractivity contribution in [2.45, 2.75) is 6.42 Å². The van der Waals surface area contributed by atoms with E-state index in [-0.39, 0.29) is 24.0 Å². The fourth-order valence-electron chi connectivity index (χ4n) is 2.58. The third-order valence-corrected chi connectivity index (χ3v) is 4.09. The van der Waals surface area contributed by atoms with Gasteiger partial charge in [-0.05, 0) is 36.4 Å². The zero-order chi connectivity index (χ0) is 16.4. The SMILES string of the molecule is O=C(Nc1ccc(O)cc1)[C@H]1CC(=O)N(c2ccccc2Cl)C1. The monoisotopic (exact) mass is 330 g/mol. The molecule has 3 rings (SSSR count). The lowest BCUT2D eigenvalue weighted by Crippen LogP contribution is -2.28. The van der Waals surface area contributed by atoms with Crippen molar-refractivity contribution in [2.75, 3.05) is 16.8 Å². The van der Waals surface area contributed by atoms with Gasteiger partial charge >= 0.3 is 0 Å². The molecular weight excluding hydrogens is 316 g/mol. The number of carbonyl (C=O) groups is 2. The summed E-state index contributed by atoms with van der Waals surface area (Å²) in [6, 6.07) is 13.3. The summed E-state index contributed by atoms with van der Waals surface area (Å²) in [6.45, 7) is 0.298. The van der Waals surface area contributed by atoms with Crippen LogP contribution in [0.3, 0.4) is 0 Å². The first-order chi connectivity index (χ1) is 11.0. The number of rotatable bonds is 3. The van der Waals surface area contributed by atoms with Gasteiger partial charge in [-0.25, -0.2) is 0 Å². The fraction of sp³-hybridized carbons (Fsp3) is 0.176. The van der Waals surface area contributed by atoms with E-state index in [4.69, 9.17) is 11.6 Å². The molecule has 1 fully saturated rings. The van der Waals surface area contributed by atoms with E-state index >= 15 is 0 Å². The Labute approximate surface area is 138 Å². The number of carbonyl (C=O) groups excluding carboxylic acids is 2. The van der Waals surface area contributed by atoms with E-state index in [2.05, 4.69) is 5.32 Å². The molecule has 2 N–H and O–H groups in total. The zero-order valence-corrected chi connectivity index (χ0v) is 13.0. The molecule has 6 heteroatoms. The summed E-state index contributed by atoms with van der Waals surface area (Å²) < 4.78 is 0. The molecule has 0 unspecified atom stereocenters. The topological polar surface area (TPSA) is 69.6 Å². The lowest BCUT2D eigenvalue weighted by molar-refractivity contribution is -0.122. The average molecular weight is 331 g/mol. The van der Waals surface area contributed by atoms with Crippen LogP contribution in [-0.4, -0.2) is 23.5 Å². The van der Waals surface area contributed by atoms with E-state index in [0.29, 0.717) is 22.9 Å². The number of phenolic OH excluding ortho intramolecular Hbond substituents is 1. The summed E-state index contributed by atoms with van der Waals surface area (Å²) in [5, 5.41) is 12.5. The standard InChI is InChI=1S/C17H15ClN2O3/c18-14-3-1-2-4-15(14)20-10-11(9-16(20)22)17(23)19-12-5-7-13(21)8-6-12/h1-8,11,21H,9-10H2,(H,19,23)/t11-/m0/s1. The zero-order valence-electron chi connectivity index (χ0n) is 12.2. The lowest BCUT2D eigenvalue weighted by Gasteiger charge is -2.18. The van der Waals surface area contributed by atoms with Gasteiger partial charge in [0.05, 0.1) is 16.6 Å². The Morgan fingerprint density at radius 3 is 2.57 bits per heavy atom. The summed E-state index contributed by atoms with van der Waals surface area (Å²) in [6.07, 6.45) is 0.148. The van der Waals surface area contributed by atoms with Crippen LogP contribution in [0.15, 0.2) is 48.5 Å². The van der Waals surface area contributed by atoms with Crippen molar-refractivity contribution >= 4 is 34.8 Å². The second kappa shape index (κ2) is 6.30. The minimum atomic E-state index is -0.437. The number of anilines is 2. The number of para-hydroxylation sites is 1. The number of halogens is 1. The molecule has 2 aromatic rings. The lowest BCUT2D eigenvalue weighted by atomic mass is 10.1. The number of amides is 2. The van der Waals surface area contributed by atoms with Crippen molar-refractivity contribution in [1.82, 2.24) is 0 Å². The van der Waals surface area contributed by atoms with Crippen molar-refractivity contribution in [3.05, 3.63) is 53.6 Å². The van der Waals surface area contributed by atoms with E-state index in [9.17, 15) is 14.7 Å². The number of aromatic hydroxyl groups is 1. The molecule has 1 heterocycles. The number of phenols is 1. The molecule has 2 amide bonds. The van der Waals surface area contributed by atoms with Gasteiger partial charge in [0, 0.05) is 18.7 Å². The van der Waals surface area contributed by atoms with E-state index in [1.807, 2.05) is 0 Å². The van der Waals surface area contributed by atoms with Crippen LogP contribution in [0.4, 0.5) is 11.4 Å². The van der Waals surface area contributed by atoms with Crippen LogP contribution in [0.2, 0.25) is 5.02 Å². The largest absolute Gasteiger partial charge is 0.508 e. The number of hydrogen-bond donors (Lipinski definition) is 2. The molecule has 1 aliphatic rings. The normalized spacial score (nSPS) is 17.3. The third kappa shape index (κ3) is 3.29. The molecule has 23 heavy (non-hydrogen) atoms. The van der Waals surface area contributed by atoms with Gasteiger partial charge in [-0.3, -0.25) is 9.59 Å². The van der Waals surface area contributed by atoms with Gasteiger partial charge in [-0.15, -0.1) is 0 Å². The maximum atomic E-state index is 12.3. The Morgan fingerprint density at radius 1 is 1.17 bits per heavy atom. The molecule has 1 atom stereocenters. The Balaban J connectivity index is 1.71. The summed E-state index contributed by atoms with van der Waals surface area (Å²) in [7, 11) is 0. The molecule has 0 bridgehead atoms. The molecule has 1 aliphatic heterocycles. The van der Waals surface area contributed by atoms with Crippen LogP contribution in [0.25, 0.3) is 0 Å². The van der Waals surface area contributed by atoms with Crippen molar-refractivity contribution in [2.24, 2.45) is 5.92 Å². The number of benzene rings is 2. The molecule has 0 spiro atoms. The average Bonchev–Trinajstić information content (AvgIpc) is 2.92. The van der Waals surface area contributed by atoms with Crippen LogP contribution in [-0.2, 0) is 9.59 Å². The Morgan fingerprint density at radius 2 is 1.87 bits per heavy atom. The van der Waals surface area contributed by atoms with Crippen LogP contribution in [0.1, 0.15) is 6.42 Å². The van der Waals surface area contributed by atoms with Crippen molar-refractivity contribution in [3.63, 3.8) is 0 Å². The summed E-state index contributed by atoms with van der Waals surface area (Å²) >= 11 is 6.12. The van der Waals surface area contributed by atoms with Crippen LogP contribution in [0.5, 0.6) is 5.75 Å². The summed E-state index contributed by atoms with van der Waals surface area (Å²) in [5.74, 6) is -0.654. The van der Waals surface area contributed by atoms with Gasteiger partial charge in [0.1, 0.15) is 5.75 Å². The van der Waals surface area contributed by atoms with Crippen LogP contribution < -0.4 is 10.2 Å². The predicted octanol–water partition coefficient (Wildman–Crippen LogP) is 3.04. The van der Waals surface area contributed by atoms with Gasteiger partial charge in [0.25, 0.3) is 0 Å². The highest BCUT2D eigenvalue weighted by Gasteiger charge is 2.35. The third-order valence-electron chi connectivity index (χ3n) is 3.77. The molecule has 0 aliphatic carbocycles. The minimum absolute atomic E-state index is 0.121. The Bertz CT molecular complexity index is 746. The first-order valence-corrected chi connectivity index (χ1v) is 7.57. The first kappa shape index (κ1) is 15.4. The van der Waals surface area contributed by atoms with Gasteiger partial charge < -0.3 is 15.3 Å². The number of nitrogens with zero attached hydrogens (tertiary/aromatic N) is 1. The number of nitrogens with one attached hydrogen (secondary N) is 1. The fourth-order valence-corrected chi connectivity index (χ4v) is 2.81.